The molecular weight excluding hydrogens is 400 g/mol. The highest BCUT2D eigenvalue weighted by Gasteiger charge is 2.41. The third-order valence-corrected chi connectivity index (χ3v) is 8.35. The maximum atomic E-state index is 12.8. The molecule has 4 rings (SSSR count). The summed E-state index contributed by atoms with van der Waals surface area (Å²) in [6.07, 6.45) is 1.91. The van der Waals surface area contributed by atoms with Crippen molar-refractivity contribution in [1.29, 1.82) is 0 Å². The molecule has 0 N–H and O–H groups in total. The number of aryl methyl sites for hydroxylation is 1. The van der Waals surface area contributed by atoms with Crippen LogP contribution in [0.5, 0.6) is 0 Å². The molecule has 3 heterocycles. The molecule has 7 nitrogen and oxygen atoms in total. The molecule has 0 radical (unpaired) electrons. The Labute approximate surface area is 178 Å². The topological polar surface area (TPSA) is 83.5 Å². The Morgan fingerprint density at radius 1 is 1.07 bits per heavy atom. The third-order valence-electron chi connectivity index (χ3n) is 6.18. The number of anilines is 1. The summed E-state index contributed by atoms with van der Waals surface area (Å²) in [6, 6.07) is 8.73. The van der Waals surface area contributed by atoms with Gasteiger partial charge in [0.15, 0.2) is 9.84 Å². The normalized spacial score (nSPS) is 21.3. The SMILES string of the molecule is Cc1cc(N2CC3CN(C(=O)Cc4ccc(S(=O)(=O)C(C)C)cc4)CC3C2)ncn1. The fourth-order valence-electron chi connectivity index (χ4n) is 4.35. The Morgan fingerprint density at radius 3 is 2.27 bits per heavy atom. The van der Waals surface area contributed by atoms with Crippen LogP contribution in [-0.2, 0) is 21.1 Å². The maximum Gasteiger partial charge on any atom is 0.227 e. The summed E-state index contributed by atoms with van der Waals surface area (Å²) < 4.78 is 24.5. The zero-order valence-electron chi connectivity index (χ0n) is 17.7. The lowest BCUT2D eigenvalue weighted by Crippen LogP contribution is -2.34. The van der Waals surface area contributed by atoms with E-state index in [-0.39, 0.29) is 5.91 Å². The smallest absolute Gasteiger partial charge is 0.227 e. The van der Waals surface area contributed by atoms with Gasteiger partial charge in [-0.3, -0.25) is 4.79 Å². The minimum absolute atomic E-state index is 0.105. The summed E-state index contributed by atoms with van der Waals surface area (Å²) >= 11 is 0. The number of rotatable bonds is 5. The molecule has 8 heteroatoms. The molecule has 0 aliphatic carbocycles. The van der Waals surface area contributed by atoms with Crippen LogP contribution in [0, 0.1) is 18.8 Å². The monoisotopic (exact) mass is 428 g/mol. The summed E-state index contributed by atoms with van der Waals surface area (Å²) in [4.78, 5) is 25.9. The molecule has 0 saturated carbocycles. The van der Waals surface area contributed by atoms with E-state index in [4.69, 9.17) is 0 Å². The number of hydrogen-bond acceptors (Lipinski definition) is 6. The molecule has 1 aromatic heterocycles. The number of hydrogen-bond donors (Lipinski definition) is 0. The average Bonchev–Trinajstić information content (AvgIpc) is 3.28. The molecule has 0 spiro atoms. The molecular formula is C22H28N4O3S. The van der Waals surface area contributed by atoms with Gasteiger partial charge in [0.25, 0.3) is 0 Å². The Kier molecular flexibility index (Phi) is 5.53. The molecule has 160 valence electrons. The zero-order chi connectivity index (χ0) is 21.5. The Hall–Kier alpha value is -2.48. The number of aromatic nitrogens is 2. The van der Waals surface area contributed by atoms with Crippen molar-refractivity contribution in [2.75, 3.05) is 31.1 Å². The number of nitrogens with zero attached hydrogens (tertiary/aromatic N) is 4. The summed E-state index contributed by atoms with van der Waals surface area (Å²) in [5.74, 6) is 1.99. The summed E-state index contributed by atoms with van der Waals surface area (Å²) in [5, 5.41) is -0.458. The first kappa shape index (κ1) is 20.8. The fraction of sp³-hybridized carbons (Fsp3) is 0.500. The van der Waals surface area contributed by atoms with Crippen molar-refractivity contribution in [3.63, 3.8) is 0 Å². The van der Waals surface area contributed by atoms with Crippen LogP contribution in [0.3, 0.4) is 0 Å². The van der Waals surface area contributed by atoms with E-state index in [9.17, 15) is 13.2 Å². The van der Waals surface area contributed by atoms with Crippen LogP contribution in [0.2, 0.25) is 0 Å². The maximum absolute atomic E-state index is 12.8. The van der Waals surface area contributed by atoms with Gasteiger partial charge in [-0.2, -0.15) is 0 Å². The van der Waals surface area contributed by atoms with Crippen LogP contribution in [0.4, 0.5) is 5.82 Å². The highest BCUT2D eigenvalue weighted by atomic mass is 32.2. The Bertz CT molecular complexity index is 1020. The summed E-state index contributed by atoms with van der Waals surface area (Å²) in [6.45, 7) is 8.66. The van der Waals surface area contributed by atoms with E-state index >= 15 is 0 Å². The second-order valence-electron chi connectivity index (χ2n) is 8.66. The molecule has 2 atom stereocenters. The third kappa shape index (κ3) is 4.05. The van der Waals surface area contributed by atoms with Crippen molar-refractivity contribution < 1.29 is 13.2 Å². The van der Waals surface area contributed by atoms with Crippen molar-refractivity contribution in [3.8, 4) is 0 Å². The van der Waals surface area contributed by atoms with E-state index in [1.54, 1.807) is 44.4 Å². The molecule has 2 aliphatic rings. The van der Waals surface area contributed by atoms with Crippen molar-refractivity contribution in [2.24, 2.45) is 11.8 Å². The largest absolute Gasteiger partial charge is 0.356 e. The lowest BCUT2D eigenvalue weighted by atomic mass is 10.0. The van der Waals surface area contributed by atoms with Crippen LogP contribution in [-0.4, -0.2) is 60.6 Å². The van der Waals surface area contributed by atoms with Crippen molar-refractivity contribution in [1.82, 2.24) is 14.9 Å². The standard InChI is InChI=1S/C22H28N4O3S/c1-15(2)30(28,29)20-6-4-17(5-7-20)9-22(27)26-12-18-10-25(11-19(18)13-26)21-8-16(3)23-14-24-21/h4-8,14-15,18-19H,9-13H2,1-3H3. The molecule has 0 bridgehead atoms. The van der Waals surface area contributed by atoms with Gasteiger partial charge in [-0.05, 0) is 38.5 Å². The van der Waals surface area contributed by atoms with E-state index in [1.807, 2.05) is 17.9 Å². The molecule has 2 unspecified atom stereocenters. The highest BCUT2D eigenvalue weighted by molar-refractivity contribution is 7.92. The van der Waals surface area contributed by atoms with Gasteiger partial charge in [-0.1, -0.05) is 12.1 Å². The van der Waals surface area contributed by atoms with Gasteiger partial charge in [-0.25, -0.2) is 18.4 Å². The van der Waals surface area contributed by atoms with Crippen LogP contribution in [0.25, 0.3) is 0 Å². The van der Waals surface area contributed by atoms with Crippen molar-refractivity contribution in [2.45, 2.75) is 37.3 Å². The zero-order valence-corrected chi connectivity index (χ0v) is 18.5. The van der Waals surface area contributed by atoms with Crippen molar-refractivity contribution in [3.05, 3.63) is 47.9 Å². The number of sulfone groups is 1. The first-order valence-electron chi connectivity index (χ1n) is 10.4. The van der Waals surface area contributed by atoms with Crippen LogP contribution in [0.1, 0.15) is 25.1 Å². The first-order valence-corrected chi connectivity index (χ1v) is 11.9. The van der Waals surface area contributed by atoms with Crippen LogP contribution < -0.4 is 4.90 Å². The predicted octanol–water partition coefficient (Wildman–Crippen LogP) is 2.10. The molecule has 1 aromatic carbocycles. The minimum atomic E-state index is -3.29. The van der Waals surface area contributed by atoms with Crippen LogP contribution >= 0.6 is 0 Å². The number of likely N-dealkylation sites (tertiary alicyclic amines) is 1. The lowest BCUT2D eigenvalue weighted by Gasteiger charge is -2.22. The average molecular weight is 429 g/mol. The van der Waals surface area contributed by atoms with E-state index in [0.717, 1.165) is 43.3 Å². The second-order valence-corrected chi connectivity index (χ2v) is 11.2. The molecule has 2 saturated heterocycles. The molecule has 30 heavy (non-hydrogen) atoms. The highest BCUT2D eigenvalue weighted by Crippen LogP contribution is 2.33. The van der Waals surface area contributed by atoms with Gasteiger partial charge in [0, 0.05) is 49.8 Å². The van der Waals surface area contributed by atoms with Gasteiger partial charge in [0.05, 0.1) is 16.6 Å². The van der Waals surface area contributed by atoms with E-state index < -0.39 is 15.1 Å². The summed E-state index contributed by atoms with van der Waals surface area (Å²) in [5.41, 5.74) is 1.80. The predicted molar refractivity (Wildman–Crippen MR) is 115 cm³/mol. The number of benzene rings is 1. The quantitative estimate of drug-likeness (QED) is 0.725. The minimum Gasteiger partial charge on any atom is -0.356 e. The molecule has 1 amide bonds. The lowest BCUT2D eigenvalue weighted by molar-refractivity contribution is -0.129. The number of carbonyl (C=O) groups is 1. The molecule has 2 aromatic rings. The van der Waals surface area contributed by atoms with Crippen LogP contribution in [0.15, 0.2) is 41.6 Å². The summed E-state index contributed by atoms with van der Waals surface area (Å²) in [7, 11) is -3.29. The van der Waals surface area contributed by atoms with E-state index in [0.29, 0.717) is 23.2 Å². The number of carbonyl (C=O) groups excluding carboxylic acids is 1. The van der Waals surface area contributed by atoms with E-state index in [1.165, 1.54) is 0 Å². The Balaban J connectivity index is 1.34. The molecule has 2 aliphatic heterocycles. The Morgan fingerprint density at radius 2 is 1.70 bits per heavy atom. The van der Waals surface area contributed by atoms with Gasteiger partial charge < -0.3 is 9.80 Å². The fourth-order valence-corrected chi connectivity index (χ4v) is 5.41. The first-order chi connectivity index (χ1) is 14.2. The van der Waals surface area contributed by atoms with Gasteiger partial charge >= 0.3 is 0 Å². The molecule has 2 fully saturated rings. The second kappa shape index (κ2) is 7.98. The number of fused-ring (bicyclic) bond motifs is 1. The van der Waals surface area contributed by atoms with Crippen molar-refractivity contribution >= 4 is 21.6 Å². The van der Waals surface area contributed by atoms with E-state index in [2.05, 4.69) is 14.9 Å². The van der Waals surface area contributed by atoms with Gasteiger partial charge in [-0.15, -0.1) is 0 Å². The number of amides is 1. The van der Waals surface area contributed by atoms with Gasteiger partial charge in [0.1, 0.15) is 12.1 Å². The van der Waals surface area contributed by atoms with Gasteiger partial charge in [0.2, 0.25) is 5.91 Å².